The highest BCUT2D eigenvalue weighted by atomic mass is 16.5. The van der Waals surface area contributed by atoms with E-state index >= 15 is 0 Å². The summed E-state index contributed by atoms with van der Waals surface area (Å²) < 4.78 is 4.75. The van der Waals surface area contributed by atoms with Gasteiger partial charge < -0.3 is 15.0 Å². The summed E-state index contributed by atoms with van der Waals surface area (Å²) in [4.78, 5) is 13.8. The number of esters is 1. The van der Waals surface area contributed by atoms with Crippen molar-refractivity contribution >= 4 is 11.7 Å². The molecule has 1 heterocycles. The topological polar surface area (TPSA) is 41.6 Å². The second kappa shape index (κ2) is 4.98. The van der Waals surface area contributed by atoms with Crippen LogP contribution in [0, 0.1) is 0 Å². The highest BCUT2D eigenvalue weighted by Gasteiger charge is 2.32. The number of rotatable bonds is 3. The zero-order valence-corrected chi connectivity index (χ0v) is 11.2. The normalized spacial score (nSPS) is 23.2. The predicted octanol–water partition coefficient (Wildman–Crippen LogP) is 1.66. The van der Waals surface area contributed by atoms with E-state index in [9.17, 15) is 4.79 Å². The molecule has 1 atom stereocenters. The molecule has 4 heteroatoms. The van der Waals surface area contributed by atoms with Crippen LogP contribution in [0.2, 0.25) is 0 Å². The third-order valence-electron chi connectivity index (χ3n) is 3.71. The maximum atomic E-state index is 11.5. The molecule has 1 fully saturated rings. The van der Waals surface area contributed by atoms with Gasteiger partial charge in [-0.15, -0.1) is 0 Å². The summed E-state index contributed by atoms with van der Waals surface area (Å²) in [6, 6.07) is 7.61. The average Bonchev–Trinajstić information content (AvgIpc) is 2.81. The molecular formula is C14H20N2O2. The van der Waals surface area contributed by atoms with Crippen molar-refractivity contribution in [2.45, 2.75) is 18.9 Å². The number of nitrogens with one attached hydrogen (secondary N) is 1. The van der Waals surface area contributed by atoms with E-state index in [0.29, 0.717) is 5.56 Å². The molecule has 1 N–H and O–H groups in total. The van der Waals surface area contributed by atoms with Crippen LogP contribution in [0.3, 0.4) is 0 Å². The van der Waals surface area contributed by atoms with Gasteiger partial charge in [0.2, 0.25) is 0 Å². The highest BCUT2D eigenvalue weighted by Crippen LogP contribution is 2.26. The molecule has 0 saturated carbocycles. The van der Waals surface area contributed by atoms with Gasteiger partial charge in [0.25, 0.3) is 0 Å². The first-order chi connectivity index (χ1) is 8.58. The van der Waals surface area contributed by atoms with Crippen LogP contribution in [0.15, 0.2) is 24.3 Å². The summed E-state index contributed by atoms with van der Waals surface area (Å²) in [5, 5.41) is 3.36. The van der Waals surface area contributed by atoms with Crippen LogP contribution in [-0.4, -0.2) is 38.8 Å². The summed E-state index contributed by atoms with van der Waals surface area (Å²) in [7, 11) is 3.40. The number of carbonyl (C=O) groups excluding carboxylic acids is 1. The van der Waals surface area contributed by atoms with Crippen LogP contribution in [0.25, 0.3) is 0 Å². The first kappa shape index (κ1) is 12.9. The standard InChI is InChI=1S/C14H20N2O2/c1-14(15-2)7-8-16(10-14)12-6-4-5-11(9-12)13(17)18-3/h4-6,9,15H,7-8,10H2,1-3H3. The molecule has 1 aliphatic heterocycles. The van der Waals surface area contributed by atoms with Gasteiger partial charge in [0, 0.05) is 24.3 Å². The molecule has 98 valence electrons. The van der Waals surface area contributed by atoms with Crippen molar-refractivity contribution in [2.24, 2.45) is 0 Å². The van der Waals surface area contributed by atoms with Gasteiger partial charge in [-0.1, -0.05) is 6.07 Å². The lowest BCUT2D eigenvalue weighted by Gasteiger charge is -2.25. The number of carbonyl (C=O) groups is 1. The van der Waals surface area contributed by atoms with E-state index in [1.807, 2.05) is 25.2 Å². The Balaban J connectivity index is 2.18. The van der Waals surface area contributed by atoms with Crippen molar-refractivity contribution in [3.05, 3.63) is 29.8 Å². The van der Waals surface area contributed by atoms with Crippen LogP contribution in [0.5, 0.6) is 0 Å². The maximum Gasteiger partial charge on any atom is 0.337 e. The van der Waals surface area contributed by atoms with Gasteiger partial charge in [0.15, 0.2) is 0 Å². The Morgan fingerprint density at radius 3 is 2.89 bits per heavy atom. The second-order valence-corrected chi connectivity index (χ2v) is 5.02. The first-order valence-electron chi connectivity index (χ1n) is 6.20. The first-order valence-corrected chi connectivity index (χ1v) is 6.20. The molecule has 1 unspecified atom stereocenters. The SMILES string of the molecule is CNC1(C)CCN(c2cccc(C(=O)OC)c2)C1. The van der Waals surface area contributed by atoms with Crippen molar-refractivity contribution in [2.75, 3.05) is 32.1 Å². The van der Waals surface area contributed by atoms with Crippen LogP contribution in [0.1, 0.15) is 23.7 Å². The summed E-state index contributed by atoms with van der Waals surface area (Å²) in [5.41, 5.74) is 1.84. The van der Waals surface area contributed by atoms with E-state index in [1.54, 1.807) is 6.07 Å². The van der Waals surface area contributed by atoms with Crippen molar-refractivity contribution in [1.82, 2.24) is 5.32 Å². The molecule has 0 aromatic heterocycles. The fourth-order valence-corrected chi connectivity index (χ4v) is 2.33. The molecule has 1 saturated heterocycles. The lowest BCUT2D eigenvalue weighted by Crippen LogP contribution is -2.42. The molecular weight excluding hydrogens is 228 g/mol. The van der Waals surface area contributed by atoms with Gasteiger partial charge in [0.05, 0.1) is 12.7 Å². The Morgan fingerprint density at radius 1 is 1.50 bits per heavy atom. The van der Waals surface area contributed by atoms with Crippen LogP contribution >= 0.6 is 0 Å². The van der Waals surface area contributed by atoms with Crippen LogP contribution < -0.4 is 10.2 Å². The van der Waals surface area contributed by atoms with Gasteiger partial charge in [-0.2, -0.15) is 0 Å². The zero-order chi connectivity index (χ0) is 13.2. The smallest absolute Gasteiger partial charge is 0.337 e. The van der Waals surface area contributed by atoms with Crippen molar-refractivity contribution in [3.63, 3.8) is 0 Å². The van der Waals surface area contributed by atoms with Gasteiger partial charge >= 0.3 is 5.97 Å². The number of methoxy groups -OCH3 is 1. The predicted molar refractivity (Wildman–Crippen MR) is 72.1 cm³/mol. The van der Waals surface area contributed by atoms with E-state index < -0.39 is 0 Å². The van der Waals surface area contributed by atoms with Crippen LogP contribution in [0.4, 0.5) is 5.69 Å². The molecule has 0 radical (unpaired) electrons. The summed E-state index contributed by atoms with van der Waals surface area (Å²) in [5.74, 6) is -0.285. The van der Waals surface area contributed by atoms with E-state index in [4.69, 9.17) is 4.74 Å². The summed E-state index contributed by atoms with van der Waals surface area (Å²) >= 11 is 0. The third kappa shape index (κ3) is 2.48. The minimum absolute atomic E-state index is 0.154. The molecule has 0 aliphatic carbocycles. The van der Waals surface area contributed by atoms with Gasteiger partial charge in [-0.3, -0.25) is 0 Å². The molecule has 1 aromatic carbocycles. The Kier molecular flexibility index (Phi) is 3.57. The van der Waals surface area contributed by atoms with Crippen molar-refractivity contribution in [1.29, 1.82) is 0 Å². The Bertz CT molecular complexity index is 447. The fourth-order valence-electron chi connectivity index (χ4n) is 2.33. The molecule has 0 amide bonds. The largest absolute Gasteiger partial charge is 0.465 e. The quantitative estimate of drug-likeness (QED) is 0.826. The summed E-state index contributed by atoms with van der Waals surface area (Å²) in [6.07, 6.45) is 1.10. The molecule has 2 rings (SSSR count). The Morgan fingerprint density at radius 2 is 2.28 bits per heavy atom. The van der Waals surface area contributed by atoms with E-state index in [1.165, 1.54) is 7.11 Å². The monoisotopic (exact) mass is 248 g/mol. The number of hydrogen-bond donors (Lipinski definition) is 1. The number of hydrogen-bond acceptors (Lipinski definition) is 4. The summed E-state index contributed by atoms with van der Waals surface area (Å²) in [6.45, 7) is 4.17. The van der Waals surface area contributed by atoms with Crippen LogP contribution in [-0.2, 0) is 4.74 Å². The van der Waals surface area contributed by atoms with Gasteiger partial charge in [-0.25, -0.2) is 4.79 Å². The van der Waals surface area contributed by atoms with E-state index in [2.05, 4.69) is 17.1 Å². The zero-order valence-electron chi connectivity index (χ0n) is 11.2. The van der Waals surface area contributed by atoms with Gasteiger partial charge in [0.1, 0.15) is 0 Å². The molecule has 1 aromatic rings. The van der Waals surface area contributed by atoms with Crippen molar-refractivity contribution in [3.8, 4) is 0 Å². The minimum Gasteiger partial charge on any atom is -0.465 e. The number of ether oxygens (including phenoxy) is 1. The Hall–Kier alpha value is -1.55. The molecule has 4 nitrogen and oxygen atoms in total. The lowest BCUT2D eigenvalue weighted by atomic mass is 10.0. The molecule has 0 spiro atoms. The number of nitrogens with zero attached hydrogens (tertiary/aromatic N) is 1. The van der Waals surface area contributed by atoms with Gasteiger partial charge in [-0.05, 0) is 38.6 Å². The maximum absolute atomic E-state index is 11.5. The molecule has 18 heavy (non-hydrogen) atoms. The number of anilines is 1. The Labute approximate surface area is 108 Å². The third-order valence-corrected chi connectivity index (χ3v) is 3.71. The van der Waals surface area contributed by atoms with E-state index in [0.717, 1.165) is 25.2 Å². The minimum atomic E-state index is -0.285. The average molecular weight is 248 g/mol. The van der Waals surface area contributed by atoms with Crippen molar-refractivity contribution < 1.29 is 9.53 Å². The highest BCUT2D eigenvalue weighted by molar-refractivity contribution is 5.90. The number of likely N-dealkylation sites (N-methyl/N-ethyl adjacent to an activating group) is 1. The second-order valence-electron chi connectivity index (χ2n) is 5.02. The fraction of sp³-hybridized carbons (Fsp3) is 0.500. The lowest BCUT2D eigenvalue weighted by molar-refractivity contribution is 0.0601. The van der Waals surface area contributed by atoms with E-state index in [-0.39, 0.29) is 11.5 Å². The number of benzene rings is 1. The molecule has 1 aliphatic rings. The molecule has 0 bridgehead atoms.